The molecule has 1 amide bonds. The van der Waals surface area contributed by atoms with E-state index in [0.29, 0.717) is 13.2 Å². The second kappa shape index (κ2) is 3.28. The third-order valence-electron chi connectivity index (χ3n) is 4.18. The summed E-state index contributed by atoms with van der Waals surface area (Å²) >= 11 is 0. The molecule has 0 spiro atoms. The van der Waals surface area contributed by atoms with Crippen molar-refractivity contribution in [3.8, 4) is 0 Å². The number of cyclic esters (lactones) is 1. The molecule has 1 unspecified atom stereocenters. The van der Waals surface area contributed by atoms with Crippen LogP contribution in [0.25, 0.3) is 10.9 Å². The van der Waals surface area contributed by atoms with Crippen molar-refractivity contribution < 1.29 is 9.53 Å². The van der Waals surface area contributed by atoms with Crippen LogP contribution in [0.3, 0.4) is 0 Å². The maximum atomic E-state index is 11.6. The highest BCUT2D eigenvalue weighted by atomic mass is 16.6. The molecule has 3 heterocycles. The minimum Gasteiger partial charge on any atom is -0.447 e. The Morgan fingerprint density at radius 3 is 3.06 bits per heavy atom. The minimum absolute atomic E-state index is 0.170. The van der Waals surface area contributed by atoms with Crippen molar-refractivity contribution in [1.82, 2.24) is 9.47 Å². The van der Waals surface area contributed by atoms with Crippen LogP contribution in [0.4, 0.5) is 4.79 Å². The van der Waals surface area contributed by atoms with E-state index in [9.17, 15) is 4.79 Å². The number of carbonyl (C=O) groups excluding carboxylic acids is 1. The minimum atomic E-state index is -0.170. The highest BCUT2D eigenvalue weighted by Crippen LogP contribution is 2.34. The first kappa shape index (κ1) is 10.00. The number of amides is 1. The van der Waals surface area contributed by atoms with Gasteiger partial charge in [0.25, 0.3) is 0 Å². The van der Waals surface area contributed by atoms with E-state index in [2.05, 4.69) is 35.9 Å². The molecule has 4 heteroatoms. The molecule has 2 aliphatic rings. The summed E-state index contributed by atoms with van der Waals surface area (Å²) < 4.78 is 7.33. The van der Waals surface area contributed by atoms with E-state index in [-0.39, 0.29) is 12.1 Å². The molecule has 2 aliphatic heterocycles. The van der Waals surface area contributed by atoms with Gasteiger partial charge in [0, 0.05) is 23.6 Å². The van der Waals surface area contributed by atoms with Crippen molar-refractivity contribution in [3.05, 3.63) is 35.5 Å². The van der Waals surface area contributed by atoms with Crippen LogP contribution in [-0.2, 0) is 24.8 Å². The summed E-state index contributed by atoms with van der Waals surface area (Å²) in [7, 11) is 2.07. The van der Waals surface area contributed by atoms with E-state index in [1.165, 1.54) is 22.2 Å². The van der Waals surface area contributed by atoms with E-state index in [1.807, 2.05) is 4.90 Å². The van der Waals surface area contributed by atoms with Crippen molar-refractivity contribution >= 4 is 17.0 Å². The maximum absolute atomic E-state index is 11.6. The van der Waals surface area contributed by atoms with Gasteiger partial charge in [-0.1, -0.05) is 18.2 Å². The average Bonchev–Trinajstić information content (AvgIpc) is 2.90. The smallest absolute Gasteiger partial charge is 0.410 e. The van der Waals surface area contributed by atoms with Gasteiger partial charge in [0.1, 0.15) is 6.61 Å². The Balaban J connectivity index is 1.93. The molecule has 1 aromatic carbocycles. The normalized spacial score (nSPS) is 21.9. The molecule has 1 fully saturated rings. The van der Waals surface area contributed by atoms with Crippen molar-refractivity contribution in [2.24, 2.45) is 7.05 Å². The Kier molecular flexibility index (Phi) is 1.82. The van der Waals surface area contributed by atoms with Crippen molar-refractivity contribution in [3.63, 3.8) is 0 Å². The fraction of sp³-hybridized carbons (Fsp3) is 0.357. The summed E-state index contributed by atoms with van der Waals surface area (Å²) in [6, 6.07) is 8.66. The van der Waals surface area contributed by atoms with Crippen LogP contribution in [0.2, 0.25) is 0 Å². The first-order valence-electron chi connectivity index (χ1n) is 6.24. The van der Waals surface area contributed by atoms with Gasteiger partial charge in [-0.15, -0.1) is 0 Å². The average molecular weight is 242 g/mol. The van der Waals surface area contributed by atoms with Crippen LogP contribution >= 0.6 is 0 Å². The number of hydrogen-bond donors (Lipinski definition) is 0. The molecule has 0 N–H and O–H groups in total. The van der Waals surface area contributed by atoms with Gasteiger partial charge in [-0.2, -0.15) is 0 Å². The summed E-state index contributed by atoms with van der Waals surface area (Å²) in [6.45, 7) is 1.20. The van der Waals surface area contributed by atoms with E-state index in [1.54, 1.807) is 0 Å². The molecule has 4 nitrogen and oxygen atoms in total. The number of rotatable bonds is 0. The van der Waals surface area contributed by atoms with Gasteiger partial charge in [-0.3, -0.25) is 4.90 Å². The topological polar surface area (TPSA) is 34.5 Å². The lowest BCUT2D eigenvalue weighted by molar-refractivity contribution is 0.154. The fourth-order valence-corrected chi connectivity index (χ4v) is 3.20. The number of carbonyl (C=O) groups is 1. The molecule has 4 rings (SSSR count). The van der Waals surface area contributed by atoms with Crippen LogP contribution in [0, 0.1) is 0 Å². The van der Waals surface area contributed by atoms with Crippen molar-refractivity contribution in [1.29, 1.82) is 0 Å². The molecule has 18 heavy (non-hydrogen) atoms. The van der Waals surface area contributed by atoms with Gasteiger partial charge >= 0.3 is 6.09 Å². The van der Waals surface area contributed by atoms with Crippen molar-refractivity contribution in [2.75, 3.05) is 6.61 Å². The van der Waals surface area contributed by atoms with Gasteiger partial charge in [0.2, 0.25) is 0 Å². The van der Waals surface area contributed by atoms with Crippen LogP contribution in [-0.4, -0.2) is 28.2 Å². The Bertz CT molecular complexity index is 659. The summed E-state index contributed by atoms with van der Waals surface area (Å²) in [5, 5.41) is 1.31. The standard InChI is InChI=1S/C14H14N2O2/c1-15-12-5-3-2-4-10(12)11-6-9-8-18-14(17)16(9)7-13(11)15/h2-5,9H,6-8H2,1H3. The number of aryl methyl sites for hydroxylation is 1. The van der Waals surface area contributed by atoms with Gasteiger partial charge < -0.3 is 9.30 Å². The molecule has 0 saturated carbocycles. The predicted molar refractivity (Wildman–Crippen MR) is 67.3 cm³/mol. The van der Waals surface area contributed by atoms with Gasteiger partial charge in [0.15, 0.2) is 0 Å². The molecule has 0 aliphatic carbocycles. The Morgan fingerprint density at radius 2 is 2.17 bits per heavy atom. The first-order chi connectivity index (χ1) is 8.75. The second-order valence-corrected chi connectivity index (χ2v) is 5.06. The van der Waals surface area contributed by atoms with Crippen LogP contribution in [0.5, 0.6) is 0 Å². The van der Waals surface area contributed by atoms with Crippen LogP contribution < -0.4 is 0 Å². The first-order valence-corrected chi connectivity index (χ1v) is 6.24. The van der Waals surface area contributed by atoms with Gasteiger partial charge in [0.05, 0.1) is 12.6 Å². The second-order valence-electron chi connectivity index (χ2n) is 5.06. The Labute approximate surface area is 105 Å². The Hall–Kier alpha value is -1.97. The molecule has 0 bridgehead atoms. The number of ether oxygens (including phenoxy) is 1. The summed E-state index contributed by atoms with van der Waals surface area (Å²) in [5.41, 5.74) is 3.87. The van der Waals surface area contributed by atoms with E-state index in [4.69, 9.17) is 4.74 Å². The SMILES string of the molecule is Cn1c2c(c3ccccc31)CC1COC(=O)N1C2. The lowest BCUT2D eigenvalue weighted by Crippen LogP contribution is -2.38. The number of benzene rings is 1. The number of fused-ring (bicyclic) bond motifs is 4. The molecular formula is C14H14N2O2. The molecule has 2 aromatic rings. The maximum Gasteiger partial charge on any atom is 0.410 e. The summed E-state index contributed by atoms with van der Waals surface area (Å²) in [4.78, 5) is 13.5. The van der Waals surface area contributed by atoms with E-state index in [0.717, 1.165) is 6.42 Å². The Morgan fingerprint density at radius 1 is 1.33 bits per heavy atom. The molecule has 0 radical (unpaired) electrons. The molecule has 1 saturated heterocycles. The van der Waals surface area contributed by atoms with Crippen LogP contribution in [0.1, 0.15) is 11.3 Å². The van der Waals surface area contributed by atoms with Crippen molar-refractivity contribution in [2.45, 2.75) is 19.0 Å². The number of nitrogens with zero attached hydrogens (tertiary/aromatic N) is 2. The number of hydrogen-bond acceptors (Lipinski definition) is 2. The molecular weight excluding hydrogens is 228 g/mol. The highest BCUT2D eigenvalue weighted by molar-refractivity contribution is 5.86. The monoisotopic (exact) mass is 242 g/mol. The summed E-state index contributed by atoms with van der Waals surface area (Å²) in [6.07, 6.45) is 0.735. The third-order valence-corrected chi connectivity index (χ3v) is 4.18. The third kappa shape index (κ3) is 1.12. The predicted octanol–water partition coefficient (Wildman–Crippen LogP) is 2.06. The largest absolute Gasteiger partial charge is 0.447 e. The lowest BCUT2D eigenvalue weighted by Gasteiger charge is -2.27. The van der Waals surface area contributed by atoms with E-state index < -0.39 is 0 Å². The highest BCUT2D eigenvalue weighted by Gasteiger charge is 2.38. The zero-order valence-electron chi connectivity index (χ0n) is 10.2. The molecule has 1 atom stereocenters. The fourth-order valence-electron chi connectivity index (χ4n) is 3.20. The van der Waals surface area contributed by atoms with Gasteiger partial charge in [-0.25, -0.2) is 4.79 Å². The zero-order chi connectivity index (χ0) is 12.3. The van der Waals surface area contributed by atoms with Crippen LogP contribution in [0.15, 0.2) is 24.3 Å². The molecule has 1 aromatic heterocycles. The zero-order valence-corrected chi connectivity index (χ0v) is 10.2. The van der Waals surface area contributed by atoms with E-state index >= 15 is 0 Å². The lowest BCUT2D eigenvalue weighted by atomic mass is 9.98. The number of aromatic nitrogens is 1. The molecule has 92 valence electrons. The quantitative estimate of drug-likeness (QED) is 0.708. The van der Waals surface area contributed by atoms with Gasteiger partial charge in [-0.05, 0) is 18.1 Å². The summed E-state index contributed by atoms with van der Waals surface area (Å²) in [5.74, 6) is 0. The number of para-hydroxylation sites is 1.